The summed E-state index contributed by atoms with van der Waals surface area (Å²) < 4.78 is 11.2. The minimum absolute atomic E-state index is 0.0000965. The highest BCUT2D eigenvalue weighted by atomic mass is 16.5. The zero-order chi connectivity index (χ0) is 15.2. The molecule has 2 N–H and O–H groups in total. The molecule has 0 aliphatic rings. The Balaban J connectivity index is 2.01. The fourth-order valence-electron chi connectivity index (χ4n) is 1.70. The molecule has 0 bridgehead atoms. The third kappa shape index (κ3) is 3.66. The molecule has 0 radical (unpaired) electrons. The first-order valence-electron chi connectivity index (χ1n) is 6.05. The van der Waals surface area contributed by atoms with Crippen molar-refractivity contribution in [1.29, 1.82) is 0 Å². The number of hydrogen-bond donors (Lipinski definition) is 2. The predicted octanol–water partition coefficient (Wildman–Crippen LogP) is 0.0321. The molecule has 9 heteroatoms. The van der Waals surface area contributed by atoms with E-state index in [-0.39, 0.29) is 37.0 Å². The second-order valence-electron chi connectivity index (χ2n) is 4.14. The number of aromatic nitrogens is 3. The van der Waals surface area contributed by atoms with Crippen LogP contribution >= 0.6 is 0 Å². The van der Waals surface area contributed by atoms with E-state index in [1.54, 1.807) is 12.1 Å². The van der Waals surface area contributed by atoms with Crippen molar-refractivity contribution in [3.8, 4) is 0 Å². The molecule has 0 saturated carbocycles. The van der Waals surface area contributed by atoms with Crippen molar-refractivity contribution < 1.29 is 23.8 Å². The van der Waals surface area contributed by atoms with Crippen LogP contribution in [-0.4, -0.2) is 39.1 Å². The molecule has 2 aromatic rings. The molecule has 0 aromatic carbocycles. The molecule has 0 spiro atoms. The van der Waals surface area contributed by atoms with Crippen LogP contribution in [0, 0.1) is 0 Å². The van der Waals surface area contributed by atoms with Crippen LogP contribution in [0.4, 0.5) is 0 Å². The Hall–Kier alpha value is -2.68. The van der Waals surface area contributed by atoms with Gasteiger partial charge in [0.2, 0.25) is 5.91 Å². The maximum Gasteiger partial charge on any atom is 0.358 e. The lowest BCUT2D eigenvalue weighted by Gasteiger charge is -2.06. The first-order chi connectivity index (χ1) is 10.1. The first-order valence-corrected chi connectivity index (χ1v) is 6.05. The summed E-state index contributed by atoms with van der Waals surface area (Å²) in [4.78, 5) is 22.8. The quantitative estimate of drug-likeness (QED) is 0.739. The highest BCUT2D eigenvalue weighted by Crippen LogP contribution is 2.07. The van der Waals surface area contributed by atoms with E-state index >= 15 is 0 Å². The Labute approximate surface area is 119 Å². The highest BCUT2D eigenvalue weighted by molar-refractivity contribution is 5.86. The van der Waals surface area contributed by atoms with Gasteiger partial charge >= 0.3 is 5.97 Å². The van der Waals surface area contributed by atoms with E-state index in [0.717, 1.165) is 0 Å². The van der Waals surface area contributed by atoms with Crippen LogP contribution in [0.1, 0.15) is 21.9 Å². The normalized spacial score (nSPS) is 10.5. The SMILES string of the molecule is COCc1c(C(=O)O)nnn1CC(=O)NCc1ccco1. The van der Waals surface area contributed by atoms with Crippen molar-refractivity contribution in [2.75, 3.05) is 7.11 Å². The van der Waals surface area contributed by atoms with Crippen LogP contribution in [-0.2, 0) is 29.2 Å². The number of carbonyl (C=O) groups is 2. The van der Waals surface area contributed by atoms with E-state index in [1.165, 1.54) is 18.1 Å². The van der Waals surface area contributed by atoms with Gasteiger partial charge in [-0.1, -0.05) is 5.21 Å². The van der Waals surface area contributed by atoms with Gasteiger partial charge in [0, 0.05) is 7.11 Å². The molecule has 9 nitrogen and oxygen atoms in total. The average molecular weight is 294 g/mol. The number of hydrogen-bond acceptors (Lipinski definition) is 6. The molecule has 1 amide bonds. The molecule has 0 fully saturated rings. The van der Waals surface area contributed by atoms with E-state index in [2.05, 4.69) is 15.6 Å². The summed E-state index contributed by atoms with van der Waals surface area (Å²) in [6, 6.07) is 3.45. The van der Waals surface area contributed by atoms with Gasteiger partial charge in [-0.3, -0.25) is 4.79 Å². The van der Waals surface area contributed by atoms with Gasteiger partial charge in [-0.05, 0) is 12.1 Å². The van der Waals surface area contributed by atoms with Crippen molar-refractivity contribution in [2.24, 2.45) is 0 Å². The lowest BCUT2D eigenvalue weighted by molar-refractivity contribution is -0.122. The average Bonchev–Trinajstić information content (AvgIpc) is 3.07. The molecule has 2 aromatic heterocycles. The molecule has 0 aliphatic heterocycles. The smallest absolute Gasteiger partial charge is 0.358 e. The van der Waals surface area contributed by atoms with Crippen LogP contribution in [0.25, 0.3) is 0 Å². The second kappa shape index (κ2) is 6.66. The Morgan fingerprint density at radius 1 is 1.52 bits per heavy atom. The molecule has 2 rings (SSSR count). The van der Waals surface area contributed by atoms with Gasteiger partial charge in [-0.15, -0.1) is 5.10 Å². The number of amides is 1. The van der Waals surface area contributed by atoms with Gasteiger partial charge in [0.25, 0.3) is 0 Å². The van der Waals surface area contributed by atoms with Crippen molar-refractivity contribution in [1.82, 2.24) is 20.3 Å². The molecular formula is C12H14N4O5. The minimum Gasteiger partial charge on any atom is -0.476 e. The van der Waals surface area contributed by atoms with Gasteiger partial charge in [0.1, 0.15) is 12.3 Å². The Morgan fingerprint density at radius 3 is 2.95 bits per heavy atom. The maximum absolute atomic E-state index is 11.8. The number of furan rings is 1. The molecular weight excluding hydrogens is 280 g/mol. The molecule has 0 saturated heterocycles. The largest absolute Gasteiger partial charge is 0.476 e. The molecule has 2 heterocycles. The third-order valence-corrected chi connectivity index (χ3v) is 2.65. The number of rotatable bonds is 7. The molecule has 21 heavy (non-hydrogen) atoms. The zero-order valence-electron chi connectivity index (χ0n) is 11.3. The van der Waals surface area contributed by atoms with Gasteiger partial charge in [-0.2, -0.15) is 0 Å². The fourth-order valence-corrected chi connectivity index (χ4v) is 1.70. The Kier molecular flexibility index (Phi) is 4.67. The van der Waals surface area contributed by atoms with Gasteiger partial charge in [-0.25, -0.2) is 9.48 Å². The second-order valence-corrected chi connectivity index (χ2v) is 4.14. The summed E-state index contributed by atoms with van der Waals surface area (Å²) in [5, 5.41) is 18.8. The van der Waals surface area contributed by atoms with E-state index in [9.17, 15) is 9.59 Å². The number of nitrogens with one attached hydrogen (secondary N) is 1. The number of ether oxygens (including phenoxy) is 1. The van der Waals surface area contributed by atoms with E-state index < -0.39 is 5.97 Å². The van der Waals surface area contributed by atoms with E-state index in [4.69, 9.17) is 14.3 Å². The number of carboxylic acid groups (broad SMARTS) is 1. The summed E-state index contributed by atoms with van der Waals surface area (Å²) in [7, 11) is 1.42. The van der Waals surface area contributed by atoms with Crippen LogP contribution < -0.4 is 5.32 Å². The van der Waals surface area contributed by atoms with E-state index in [0.29, 0.717) is 5.76 Å². The Bertz CT molecular complexity index is 620. The lowest BCUT2D eigenvalue weighted by Crippen LogP contribution is -2.28. The van der Waals surface area contributed by atoms with Crippen molar-refractivity contribution >= 4 is 11.9 Å². The molecule has 0 atom stereocenters. The van der Waals surface area contributed by atoms with Gasteiger partial charge in [0.15, 0.2) is 5.69 Å². The van der Waals surface area contributed by atoms with Crippen molar-refractivity contribution in [3.05, 3.63) is 35.5 Å². The zero-order valence-corrected chi connectivity index (χ0v) is 11.3. The molecule has 112 valence electrons. The van der Waals surface area contributed by atoms with Gasteiger partial charge < -0.3 is 19.6 Å². The fraction of sp³-hybridized carbons (Fsp3) is 0.333. The van der Waals surface area contributed by atoms with Gasteiger partial charge in [0.05, 0.1) is 25.1 Å². The number of carboxylic acids is 1. The molecule has 0 aliphatic carbocycles. The standard InChI is InChI=1S/C12H14N4O5/c1-20-7-9-11(12(18)19)14-15-16(9)6-10(17)13-5-8-3-2-4-21-8/h2-4H,5-7H2,1H3,(H,13,17)(H,18,19). The van der Waals surface area contributed by atoms with Crippen LogP contribution in [0.2, 0.25) is 0 Å². The summed E-state index contributed by atoms with van der Waals surface area (Å²) in [5.41, 5.74) is 0.00818. The Morgan fingerprint density at radius 2 is 2.33 bits per heavy atom. The topological polar surface area (TPSA) is 119 Å². The third-order valence-electron chi connectivity index (χ3n) is 2.65. The predicted molar refractivity (Wildman–Crippen MR) is 68.2 cm³/mol. The summed E-state index contributed by atoms with van der Waals surface area (Å²) in [6.07, 6.45) is 1.51. The summed E-state index contributed by atoms with van der Waals surface area (Å²) in [6.45, 7) is 0.0890. The lowest BCUT2D eigenvalue weighted by atomic mass is 10.3. The van der Waals surface area contributed by atoms with Crippen LogP contribution in [0.5, 0.6) is 0 Å². The van der Waals surface area contributed by atoms with Crippen molar-refractivity contribution in [2.45, 2.75) is 19.7 Å². The van der Waals surface area contributed by atoms with Crippen LogP contribution in [0.15, 0.2) is 22.8 Å². The number of nitrogens with zero attached hydrogens (tertiary/aromatic N) is 3. The monoisotopic (exact) mass is 294 g/mol. The van der Waals surface area contributed by atoms with Crippen LogP contribution in [0.3, 0.4) is 0 Å². The van der Waals surface area contributed by atoms with E-state index in [1.807, 2.05) is 0 Å². The number of aromatic carboxylic acids is 1. The number of methoxy groups -OCH3 is 1. The highest BCUT2D eigenvalue weighted by Gasteiger charge is 2.20. The number of carbonyl (C=O) groups excluding carboxylic acids is 1. The minimum atomic E-state index is -1.22. The summed E-state index contributed by atoms with van der Waals surface area (Å²) >= 11 is 0. The van der Waals surface area contributed by atoms with Crippen molar-refractivity contribution in [3.63, 3.8) is 0 Å². The maximum atomic E-state index is 11.8. The first kappa shape index (κ1) is 14.7. The molecule has 0 unspecified atom stereocenters. The summed E-state index contributed by atoms with van der Waals surface area (Å²) in [5.74, 6) is -0.944.